The predicted molar refractivity (Wildman–Crippen MR) is 121 cm³/mol. The Bertz CT molecular complexity index is 910. The molecule has 1 nitrogen and oxygen atoms in total. The Morgan fingerprint density at radius 1 is 0.821 bits per heavy atom. The van der Waals surface area contributed by atoms with E-state index < -0.39 is 0 Å². The lowest BCUT2D eigenvalue weighted by molar-refractivity contribution is 0.472. The number of aryl methyl sites for hydroxylation is 3. The van der Waals surface area contributed by atoms with Gasteiger partial charge in [0, 0.05) is 0 Å². The molecule has 3 aromatic rings. The first-order chi connectivity index (χ1) is 13.5. The van der Waals surface area contributed by atoms with E-state index >= 15 is 0 Å². The summed E-state index contributed by atoms with van der Waals surface area (Å²) in [7, 11) is 2.07. The zero-order valence-corrected chi connectivity index (χ0v) is 17.9. The third-order valence-electron chi connectivity index (χ3n) is 6.20. The average molecular weight is 372 g/mol. The van der Waals surface area contributed by atoms with Gasteiger partial charge >= 0.3 is 0 Å². The van der Waals surface area contributed by atoms with Crippen molar-refractivity contribution in [2.75, 3.05) is 7.05 Å². The largest absolute Gasteiger partial charge is 0.307 e. The second-order valence-electron chi connectivity index (χ2n) is 8.20. The van der Waals surface area contributed by atoms with Crippen molar-refractivity contribution in [3.8, 4) is 0 Å². The topological polar surface area (TPSA) is 12.0 Å². The van der Waals surface area contributed by atoms with Crippen LogP contribution in [0.25, 0.3) is 0 Å². The fourth-order valence-electron chi connectivity index (χ4n) is 4.22. The molecule has 0 unspecified atom stereocenters. The first-order valence-corrected chi connectivity index (χ1v) is 10.4. The fraction of sp³-hybridized carbons (Fsp3) is 0.333. The summed E-state index contributed by atoms with van der Waals surface area (Å²) in [5.41, 5.74) is 8.02. The minimum atomic E-state index is -0.208. The Hall–Kier alpha value is -2.38. The maximum absolute atomic E-state index is 3.63. The zero-order valence-electron chi connectivity index (χ0n) is 17.9. The molecule has 3 rings (SSSR count). The highest BCUT2D eigenvalue weighted by atomic mass is 14.9. The molecule has 0 saturated heterocycles. The van der Waals surface area contributed by atoms with Gasteiger partial charge in [-0.3, -0.25) is 0 Å². The SMILES string of the molecule is CN[C@](C)(c1ccccc1C)c1ccccc1[C@H](C)CCc1ccc(C)cc1. The second kappa shape index (κ2) is 8.75. The molecule has 0 radical (unpaired) electrons. The molecule has 0 aliphatic carbocycles. The molecule has 0 amide bonds. The molecular weight excluding hydrogens is 338 g/mol. The second-order valence-corrected chi connectivity index (χ2v) is 8.20. The van der Waals surface area contributed by atoms with Gasteiger partial charge in [-0.2, -0.15) is 0 Å². The van der Waals surface area contributed by atoms with Gasteiger partial charge < -0.3 is 5.32 Å². The monoisotopic (exact) mass is 371 g/mol. The third kappa shape index (κ3) is 4.20. The van der Waals surface area contributed by atoms with Crippen LogP contribution in [0.15, 0.2) is 72.8 Å². The molecule has 0 aromatic heterocycles. The highest BCUT2D eigenvalue weighted by molar-refractivity contribution is 5.46. The summed E-state index contributed by atoms with van der Waals surface area (Å²) >= 11 is 0. The van der Waals surface area contributed by atoms with Crippen LogP contribution < -0.4 is 5.32 Å². The number of rotatable bonds is 7. The van der Waals surface area contributed by atoms with Crippen LogP contribution in [0.3, 0.4) is 0 Å². The standard InChI is InChI=1S/C27H33N/c1-20-14-17-23(18-15-20)19-16-21(2)24-11-7-9-13-26(24)27(4,28-5)25-12-8-6-10-22(25)3/h6-15,17-18,21,28H,16,19H2,1-5H3/t21-,27-/m1/s1. The van der Waals surface area contributed by atoms with Crippen molar-refractivity contribution in [1.82, 2.24) is 5.32 Å². The van der Waals surface area contributed by atoms with Crippen molar-refractivity contribution in [3.63, 3.8) is 0 Å². The summed E-state index contributed by atoms with van der Waals surface area (Å²) in [6, 6.07) is 26.6. The van der Waals surface area contributed by atoms with Crippen molar-refractivity contribution < 1.29 is 0 Å². The van der Waals surface area contributed by atoms with Crippen LogP contribution >= 0.6 is 0 Å². The van der Waals surface area contributed by atoms with Gasteiger partial charge in [0.05, 0.1) is 5.54 Å². The van der Waals surface area contributed by atoms with Crippen molar-refractivity contribution in [3.05, 3.63) is 106 Å². The van der Waals surface area contributed by atoms with E-state index in [9.17, 15) is 0 Å². The van der Waals surface area contributed by atoms with E-state index in [0.717, 1.165) is 12.8 Å². The van der Waals surface area contributed by atoms with Crippen molar-refractivity contribution in [2.24, 2.45) is 0 Å². The van der Waals surface area contributed by atoms with Crippen LogP contribution in [-0.4, -0.2) is 7.05 Å². The first kappa shape index (κ1) is 20.4. The average Bonchev–Trinajstić information content (AvgIpc) is 2.73. The first-order valence-electron chi connectivity index (χ1n) is 10.4. The molecule has 2 atom stereocenters. The fourth-order valence-corrected chi connectivity index (χ4v) is 4.22. The van der Waals surface area contributed by atoms with Crippen LogP contribution in [-0.2, 0) is 12.0 Å². The molecule has 0 aliphatic rings. The smallest absolute Gasteiger partial charge is 0.0664 e. The van der Waals surface area contributed by atoms with E-state index in [1.54, 1.807) is 0 Å². The lowest BCUT2D eigenvalue weighted by Crippen LogP contribution is -2.39. The lowest BCUT2D eigenvalue weighted by Gasteiger charge is -2.35. The molecule has 146 valence electrons. The van der Waals surface area contributed by atoms with Crippen LogP contribution in [0.2, 0.25) is 0 Å². The number of hydrogen-bond acceptors (Lipinski definition) is 1. The Labute approximate surface area is 170 Å². The zero-order chi connectivity index (χ0) is 20.1. The molecule has 0 heterocycles. The van der Waals surface area contributed by atoms with E-state index in [4.69, 9.17) is 0 Å². The van der Waals surface area contributed by atoms with Gasteiger partial charge in [0.15, 0.2) is 0 Å². The van der Waals surface area contributed by atoms with Crippen LogP contribution in [0, 0.1) is 13.8 Å². The van der Waals surface area contributed by atoms with E-state index in [2.05, 4.69) is 113 Å². The summed E-state index contributed by atoms with van der Waals surface area (Å²) in [6.45, 7) is 9.02. The van der Waals surface area contributed by atoms with Crippen LogP contribution in [0.5, 0.6) is 0 Å². The minimum Gasteiger partial charge on any atom is -0.307 e. The highest BCUT2D eigenvalue weighted by Gasteiger charge is 2.31. The molecule has 0 saturated carbocycles. The quantitative estimate of drug-likeness (QED) is 0.498. The molecule has 3 aromatic carbocycles. The molecule has 0 spiro atoms. The van der Waals surface area contributed by atoms with Crippen molar-refractivity contribution >= 4 is 0 Å². The van der Waals surface area contributed by atoms with Crippen molar-refractivity contribution in [1.29, 1.82) is 0 Å². The van der Waals surface area contributed by atoms with Crippen molar-refractivity contribution in [2.45, 2.75) is 52.0 Å². The summed E-state index contributed by atoms with van der Waals surface area (Å²) in [5.74, 6) is 0.495. The Balaban J connectivity index is 1.91. The Morgan fingerprint density at radius 2 is 1.43 bits per heavy atom. The van der Waals surface area contributed by atoms with E-state index in [1.165, 1.54) is 33.4 Å². The maximum atomic E-state index is 3.63. The van der Waals surface area contributed by atoms with Gasteiger partial charge in [0.1, 0.15) is 0 Å². The number of nitrogens with one attached hydrogen (secondary N) is 1. The van der Waals surface area contributed by atoms with E-state index in [-0.39, 0.29) is 5.54 Å². The maximum Gasteiger partial charge on any atom is 0.0664 e. The summed E-state index contributed by atoms with van der Waals surface area (Å²) in [6.07, 6.45) is 2.25. The summed E-state index contributed by atoms with van der Waals surface area (Å²) in [5, 5.41) is 3.63. The Kier molecular flexibility index (Phi) is 6.36. The van der Waals surface area contributed by atoms with Gasteiger partial charge in [-0.25, -0.2) is 0 Å². The molecular formula is C27H33N. The van der Waals surface area contributed by atoms with Gasteiger partial charge in [-0.15, -0.1) is 0 Å². The van der Waals surface area contributed by atoms with Crippen LogP contribution in [0.1, 0.15) is 59.6 Å². The number of hydrogen-bond donors (Lipinski definition) is 1. The van der Waals surface area contributed by atoms with Gasteiger partial charge in [0.25, 0.3) is 0 Å². The molecule has 0 fully saturated rings. The minimum absolute atomic E-state index is 0.208. The molecule has 1 heteroatoms. The van der Waals surface area contributed by atoms with Gasteiger partial charge in [0.2, 0.25) is 0 Å². The third-order valence-corrected chi connectivity index (χ3v) is 6.20. The lowest BCUT2D eigenvalue weighted by atomic mass is 9.77. The highest BCUT2D eigenvalue weighted by Crippen LogP contribution is 2.37. The normalized spacial score (nSPS) is 14.5. The number of benzene rings is 3. The van der Waals surface area contributed by atoms with E-state index in [1.807, 2.05) is 0 Å². The van der Waals surface area contributed by atoms with Crippen LogP contribution in [0.4, 0.5) is 0 Å². The molecule has 28 heavy (non-hydrogen) atoms. The molecule has 1 N–H and O–H groups in total. The summed E-state index contributed by atoms with van der Waals surface area (Å²) < 4.78 is 0. The van der Waals surface area contributed by atoms with E-state index in [0.29, 0.717) is 5.92 Å². The summed E-state index contributed by atoms with van der Waals surface area (Å²) in [4.78, 5) is 0. The van der Waals surface area contributed by atoms with Gasteiger partial charge in [-0.05, 0) is 74.4 Å². The molecule has 0 aliphatic heterocycles. The predicted octanol–water partition coefficient (Wildman–Crippen LogP) is 6.52. The van der Waals surface area contributed by atoms with Gasteiger partial charge in [-0.1, -0.05) is 85.3 Å². The Morgan fingerprint density at radius 3 is 2.07 bits per heavy atom. The molecule has 0 bridgehead atoms.